The zero-order valence-electron chi connectivity index (χ0n) is 9.54. The predicted octanol–water partition coefficient (Wildman–Crippen LogP) is 2.17. The van der Waals surface area contributed by atoms with Crippen molar-refractivity contribution in [3.05, 3.63) is 39.7 Å². The SMILES string of the molecule is CCn1c(C)nc2c(C)ccc(F)c2c1=O. The lowest BCUT2D eigenvalue weighted by Gasteiger charge is -2.09. The van der Waals surface area contributed by atoms with Crippen LogP contribution in [0.5, 0.6) is 0 Å². The number of aromatic nitrogens is 2. The van der Waals surface area contributed by atoms with Gasteiger partial charge >= 0.3 is 0 Å². The van der Waals surface area contributed by atoms with Gasteiger partial charge in [0.15, 0.2) is 0 Å². The van der Waals surface area contributed by atoms with Gasteiger partial charge in [0.1, 0.15) is 17.0 Å². The highest BCUT2D eigenvalue weighted by molar-refractivity contribution is 5.81. The molecule has 4 heteroatoms. The number of fused-ring (bicyclic) bond motifs is 1. The van der Waals surface area contributed by atoms with E-state index < -0.39 is 5.82 Å². The van der Waals surface area contributed by atoms with E-state index in [4.69, 9.17) is 0 Å². The molecule has 1 aromatic heterocycles. The van der Waals surface area contributed by atoms with E-state index in [0.717, 1.165) is 5.56 Å². The average Bonchev–Trinajstić information content (AvgIpc) is 2.24. The van der Waals surface area contributed by atoms with Crippen molar-refractivity contribution < 1.29 is 4.39 Å². The molecular formula is C12H13FN2O. The third kappa shape index (κ3) is 1.41. The maximum absolute atomic E-state index is 13.6. The lowest BCUT2D eigenvalue weighted by Crippen LogP contribution is -2.24. The molecule has 16 heavy (non-hydrogen) atoms. The minimum atomic E-state index is -0.500. The number of hydrogen-bond donors (Lipinski definition) is 0. The molecule has 1 aromatic carbocycles. The van der Waals surface area contributed by atoms with Crippen molar-refractivity contribution >= 4 is 10.9 Å². The minimum absolute atomic E-state index is 0.0902. The van der Waals surface area contributed by atoms with Crippen LogP contribution in [0.25, 0.3) is 10.9 Å². The van der Waals surface area contributed by atoms with Crippen molar-refractivity contribution in [1.82, 2.24) is 9.55 Å². The number of rotatable bonds is 1. The van der Waals surface area contributed by atoms with Gasteiger partial charge in [0.25, 0.3) is 5.56 Å². The molecule has 0 unspecified atom stereocenters. The Hall–Kier alpha value is -1.71. The zero-order chi connectivity index (χ0) is 11.9. The molecule has 0 saturated carbocycles. The highest BCUT2D eigenvalue weighted by Gasteiger charge is 2.12. The van der Waals surface area contributed by atoms with Crippen LogP contribution in [0.1, 0.15) is 18.3 Å². The Morgan fingerprint density at radius 2 is 2.06 bits per heavy atom. The average molecular weight is 220 g/mol. The van der Waals surface area contributed by atoms with Gasteiger partial charge in [0.2, 0.25) is 0 Å². The summed E-state index contributed by atoms with van der Waals surface area (Å²) < 4.78 is 15.1. The largest absolute Gasteiger partial charge is 0.297 e. The predicted molar refractivity (Wildman–Crippen MR) is 61.1 cm³/mol. The fourth-order valence-electron chi connectivity index (χ4n) is 1.89. The van der Waals surface area contributed by atoms with Crippen molar-refractivity contribution in [2.24, 2.45) is 0 Å². The number of aryl methyl sites for hydroxylation is 2. The van der Waals surface area contributed by atoms with E-state index in [1.165, 1.54) is 10.6 Å². The highest BCUT2D eigenvalue weighted by Crippen LogP contribution is 2.16. The third-order valence-corrected chi connectivity index (χ3v) is 2.77. The number of nitrogens with zero attached hydrogens (tertiary/aromatic N) is 2. The molecule has 84 valence electrons. The van der Waals surface area contributed by atoms with Crippen LogP contribution in [0.2, 0.25) is 0 Å². The van der Waals surface area contributed by atoms with E-state index in [1.54, 1.807) is 13.0 Å². The minimum Gasteiger partial charge on any atom is -0.297 e. The van der Waals surface area contributed by atoms with Crippen molar-refractivity contribution in [2.75, 3.05) is 0 Å². The molecule has 0 radical (unpaired) electrons. The van der Waals surface area contributed by atoms with Gasteiger partial charge in [0.05, 0.1) is 5.52 Å². The quantitative estimate of drug-likeness (QED) is 0.738. The second-order valence-electron chi connectivity index (χ2n) is 3.80. The Balaban J connectivity index is 3.05. The van der Waals surface area contributed by atoms with Crippen molar-refractivity contribution in [3.63, 3.8) is 0 Å². The Labute approximate surface area is 92.5 Å². The van der Waals surface area contributed by atoms with Gasteiger partial charge < -0.3 is 0 Å². The monoisotopic (exact) mass is 220 g/mol. The maximum Gasteiger partial charge on any atom is 0.264 e. The van der Waals surface area contributed by atoms with Gasteiger partial charge in [-0.3, -0.25) is 9.36 Å². The van der Waals surface area contributed by atoms with E-state index in [-0.39, 0.29) is 10.9 Å². The van der Waals surface area contributed by atoms with Gasteiger partial charge in [-0.1, -0.05) is 6.07 Å². The molecule has 1 heterocycles. The molecule has 0 N–H and O–H groups in total. The van der Waals surface area contributed by atoms with Crippen LogP contribution in [0.4, 0.5) is 4.39 Å². The summed E-state index contributed by atoms with van der Waals surface area (Å²) in [4.78, 5) is 16.3. The first-order valence-corrected chi connectivity index (χ1v) is 5.22. The Morgan fingerprint density at radius 1 is 1.38 bits per heavy atom. The van der Waals surface area contributed by atoms with Crippen LogP contribution in [0.3, 0.4) is 0 Å². The standard InChI is InChI=1S/C12H13FN2O/c1-4-15-8(3)14-11-7(2)5-6-9(13)10(11)12(15)16/h5-6H,4H2,1-3H3. The smallest absolute Gasteiger partial charge is 0.264 e. The van der Waals surface area contributed by atoms with E-state index >= 15 is 0 Å². The Kier molecular flexibility index (Phi) is 2.50. The first-order chi connectivity index (χ1) is 7.56. The lowest BCUT2D eigenvalue weighted by molar-refractivity contribution is 0.629. The Morgan fingerprint density at radius 3 is 2.69 bits per heavy atom. The molecule has 0 saturated heterocycles. The molecule has 2 rings (SSSR count). The molecule has 0 aliphatic rings. The summed E-state index contributed by atoms with van der Waals surface area (Å²) in [7, 11) is 0. The van der Waals surface area contributed by atoms with Crippen LogP contribution < -0.4 is 5.56 Å². The van der Waals surface area contributed by atoms with Crippen LogP contribution in [0, 0.1) is 19.7 Å². The molecule has 0 fully saturated rings. The molecule has 0 aliphatic carbocycles. The van der Waals surface area contributed by atoms with E-state index in [1.807, 2.05) is 13.8 Å². The first-order valence-electron chi connectivity index (χ1n) is 5.22. The molecule has 0 bridgehead atoms. The van der Waals surface area contributed by atoms with Gasteiger partial charge in [-0.15, -0.1) is 0 Å². The maximum atomic E-state index is 13.6. The first kappa shape index (κ1) is 10.8. The van der Waals surface area contributed by atoms with Gasteiger partial charge in [-0.2, -0.15) is 0 Å². The summed E-state index contributed by atoms with van der Waals surface area (Å²) in [6.45, 7) is 5.93. The van der Waals surface area contributed by atoms with Crippen LogP contribution in [-0.4, -0.2) is 9.55 Å². The van der Waals surface area contributed by atoms with Crippen molar-refractivity contribution in [2.45, 2.75) is 27.3 Å². The number of benzene rings is 1. The zero-order valence-corrected chi connectivity index (χ0v) is 9.54. The molecule has 0 spiro atoms. The van der Waals surface area contributed by atoms with Crippen LogP contribution >= 0.6 is 0 Å². The van der Waals surface area contributed by atoms with Crippen molar-refractivity contribution in [3.8, 4) is 0 Å². The van der Waals surface area contributed by atoms with E-state index in [0.29, 0.717) is 17.9 Å². The lowest BCUT2D eigenvalue weighted by atomic mass is 10.1. The summed E-state index contributed by atoms with van der Waals surface area (Å²) in [6.07, 6.45) is 0. The third-order valence-electron chi connectivity index (χ3n) is 2.77. The fraction of sp³-hybridized carbons (Fsp3) is 0.333. The van der Waals surface area contributed by atoms with E-state index in [9.17, 15) is 9.18 Å². The summed E-state index contributed by atoms with van der Waals surface area (Å²) in [5.41, 5.74) is 0.984. The molecule has 3 nitrogen and oxygen atoms in total. The van der Waals surface area contributed by atoms with Gasteiger partial charge in [-0.05, 0) is 32.4 Å². The number of hydrogen-bond acceptors (Lipinski definition) is 2. The Bertz CT molecular complexity index is 616. The van der Waals surface area contributed by atoms with Gasteiger partial charge in [0, 0.05) is 6.54 Å². The normalized spacial score (nSPS) is 11.0. The highest BCUT2D eigenvalue weighted by atomic mass is 19.1. The summed E-state index contributed by atoms with van der Waals surface area (Å²) in [5, 5.41) is 0.0902. The van der Waals surface area contributed by atoms with Gasteiger partial charge in [-0.25, -0.2) is 9.37 Å². The number of halogens is 1. The second kappa shape index (κ2) is 3.70. The second-order valence-corrected chi connectivity index (χ2v) is 3.80. The molecule has 0 aliphatic heterocycles. The van der Waals surface area contributed by atoms with Crippen LogP contribution in [0.15, 0.2) is 16.9 Å². The van der Waals surface area contributed by atoms with Crippen LogP contribution in [-0.2, 0) is 6.54 Å². The topological polar surface area (TPSA) is 34.9 Å². The van der Waals surface area contributed by atoms with E-state index in [2.05, 4.69) is 4.98 Å². The molecule has 0 amide bonds. The fourth-order valence-corrected chi connectivity index (χ4v) is 1.89. The van der Waals surface area contributed by atoms with Crippen molar-refractivity contribution in [1.29, 1.82) is 0 Å². The summed E-state index contributed by atoms with van der Waals surface area (Å²) >= 11 is 0. The molecular weight excluding hydrogens is 207 g/mol. The summed E-state index contributed by atoms with van der Waals surface area (Å²) in [6, 6.07) is 2.95. The molecule has 2 aromatic rings. The summed E-state index contributed by atoms with van der Waals surface area (Å²) in [5.74, 6) is 0.119. The molecule has 0 atom stereocenters.